The number of carbonyl (C=O) groups is 1. The van der Waals surface area contributed by atoms with Crippen molar-refractivity contribution in [2.75, 3.05) is 0 Å². The van der Waals surface area contributed by atoms with Gasteiger partial charge in [-0.2, -0.15) is 0 Å². The molecule has 201 valence electrons. The number of pyridine rings is 1. The standard InChI is InChI=1S/C20H12NO.C13H24O2.Ir/c1-12-8-9-15-14(10-12)11-21-19-16-6-2-4-13-5-3-7-17(18(13)16)22-20(15)19;1-5-10(6-2)12(14)9-13(15)11(7-3)8-4;/h2-5,7-11H,1H3;9-11,14H,5-8H2,1-4H3;/q-1;;/b;12-9-;. The van der Waals surface area contributed by atoms with E-state index in [0.717, 1.165) is 70.0 Å². The Hall–Kier alpha value is -3.01. The van der Waals surface area contributed by atoms with Gasteiger partial charge in [0.2, 0.25) is 0 Å². The van der Waals surface area contributed by atoms with E-state index in [0.29, 0.717) is 0 Å². The van der Waals surface area contributed by atoms with E-state index in [4.69, 9.17) is 4.74 Å². The number of ether oxygens (including phenoxy) is 1. The maximum Gasteiger partial charge on any atom is 0.162 e. The van der Waals surface area contributed by atoms with Crippen molar-refractivity contribution in [1.82, 2.24) is 4.98 Å². The molecule has 0 aliphatic carbocycles. The number of aryl methyl sites for hydroxylation is 1. The molecule has 4 aromatic rings. The molecule has 1 aliphatic rings. The number of aromatic nitrogens is 1. The molecule has 2 heterocycles. The molecule has 1 radical (unpaired) electrons. The number of benzene rings is 3. The molecule has 38 heavy (non-hydrogen) atoms. The van der Waals surface area contributed by atoms with Crippen LogP contribution in [0.2, 0.25) is 0 Å². The Balaban J connectivity index is 0.000000223. The fraction of sp³-hybridized carbons (Fsp3) is 0.333. The maximum absolute atomic E-state index is 11.7. The first-order valence-electron chi connectivity index (χ1n) is 13.4. The summed E-state index contributed by atoms with van der Waals surface area (Å²) >= 11 is 0. The van der Waals surface area contributed by atoms with Gasteiger partial charge in [0, 0.05) is 60.7 Å². The minimum absolute atomic E-state index is 0. The summed E-state index contributed by atoms with van der Waals surface area (Å²) in [5.74, 6) is 2.26. The molecule has 0 bridgehead atoms. The van der Waals surface area contributed by atoms with Crippen LogP contribution >= 0.6 is 0 Å². The van der Waals surface area contributed by atoms with Crippen LogP contribution in [-0.2, 0) is 24.9 Å². The minimum Gasteiger partial charge on any atom is -0.512 e. The molecule has 0 atom stereocenters. The Bertz CT molecular complexity index is 1450. The SMILES string of the molecule is CCC(CC)C(=O)/C=C(\O)C(CC)CC.Cc1ccc2c3c(ncc2c1)-c1[c-]ccc2cccc(c12)O3.[Ir]. The zero-order valence-corrected chi connectivity index (χ0v) is 25.2. The van der Waals surface area contributed by atoms with Crippen molar-refractivity contribution >= 4 is 27.3 Å². The molecule has 5 rings (SSSR count). The van der Waals surface area contributed by atoms with Crippen molar-refractivity contribution in [3.63, 3.8) is 0 Å². The van der Waals surface area contributed by atoms with E-state index in [9.17, 15) is 9.90 Å². The molecule has 1 aliphatic heterocycles. The monoisotopic (exact) mass is 687 g/mol. The van der Waals surface area contributed by atoms with Crippen molar-refractivity contribution < 1.29 is 34.7 Å². The third-order valence-electron chi connectivity index (χ3n) is 7.33. The van der Waals surface area contributed by atoms with Crippen LogP contribution in [0.3, 0.4) is 0 Å². The van der Waals surface area contributed by atoms with Crippen molar-refractivity contribution in [3.8, 4) is 22.8 Å². The second-order valence-electron chi connectivity index (χ2n) is 9.70. The molecule has 0 spiro atoms. The number of ketones is 1. The van der Waals surface area contributed by atoms with Crippen molar-refractivity contribution in [3.05, 3.63) is 78.2 Å². The summed E-state index contributed by atoms with van der Waals surface area (Å²) in [7, 11) is 0. The van der Waals surface area contributed by atoms with Gasteiger partial charge >= 0.3 is 0 Å². The normalized spacial score (nSPS) is 12.0. The van der Waals surface area contributed by atoms with Crippen LogP contribution in [0.25, 0.3) is 32.8 Å². The van der Waals surface area contributed by atoms with Gasteiger partial charge in [0.15, 0.2) is 5.78 Å². The number of aliphatic hydroxyl groups excluding tert-OH is 1. The summed E-state index contributed by atoms with van der Waals surface area (Å²) in [5, 5.41) is 14.2. The van der Waals surface area contributed by atoms with E-state index in [-0.39, 0.29) is 43.5 Å². The Labute approximate surface area is 239 Å². The zero-order valence-electron chi connectivity index (χ0n) is 22.8. The van der Waals surface area contributed by atoms with Gasteiger partial charge in [-0.15, -0.1) is 23.8 Å². The van der Waals surface area contributed by atoms with Crippen LogP contribution in [0.4, 0.5) is 0 Å². The summed E-state index contributed by atoms with van der Waals surface area (Å²) < 4.78 is 6.22. The van der Waals surface area contributed by atoms with Gasteiger partial charge in [0.25, 0.3) is 0 Å². The first kappa shape index (κ1) is 29.5. The minimum atomic E-state index is 0. The van der Waals surface area contributed by atoms with E-state index in [2.05, 4.69) is 48.3 Å². The number of aliphatic hydroxyl groups is 1. The summed E-state index contributed by atoms with van der Waals surface area (Å²) in [6.07, 6.45) is 6.83. The average Bonchev–Trinajstić information content (AvgIpc) is 2.90. The van der Waals surface area contributed by atoms with Gasteiger partial charge in [0.1, 0.15) is 5.75 Å². The topological polar surface area (TPSA) is 59.4 Å². The van der Waals surface area contributed by atoms with Gasteiger partial charge in [-0.05, 0) is 44.7 Å². The van der Waals surface area contributed by atoms with Crippen LogP contribution in [0.1, 0.15) is 58.9 Å². The Morgan fingerprint density at radius 3 is 2.39 bits per heavy atom. The number of hydrogen-bond acceptors (Lipinski definition) is 4. The molecule has 5 heteroatoms. The quantitative estimate of drug-likeness (QED) is 0.105. The summed E-state index contributed by atoms with van der Waals surface area (Å²) in [4.78, 5) is 16.4. The Kier molecular flexibility index (Phi) is 10.2. The summed E-state index contributed by atoms with van der Waals surface area (Å²) in [5.41, 5.74) is 3.12. The van der Waals surface area contributed by atoms with Crippen LogP contribution in [0, 0.1) is 24.8 Å². The molecule has 0 unspecified atom stereocenters. The molecule has 0 saturated heterocycles. The zero-order chi connectivity index (χ0) is 26.5. The average molecular weight is 687 g/mol. The van der Waals surface area contributed by atoms with Gasteiger partial charge in [-0.1, -0.05) is 68.3 Å². The molecular formula is C33H36IrNO3-. The van der Waals surface area contributed by atoms with Crippen LogP contribution in [-0.4, -0.2) is 15.9 Å². The second-order valence-corrected chi connectivity index (χ2v) is 9.70. The van der Waals surface area contributed by atoms with Crippen molar-refractivity contribution in [1.29, 1.82) is 0 Å². The van der Waals surface area contributed by atoms with Gasteiger partial charge in [-0.25, -0.2) is 0 Å². The number of nitrogens with zero attached hydrogens (tertiary/aromatic N) is 1. The van der Waals surface area contributed by atoms with Crippen LogP contribution in [0.15, 0.2) is 66.6 Å². The van der Waals surface area contributed by atoms with Gasteiger partial charge < -0.3 is 14.8 Å². The predicted octanol–water partition coefficient (Wildman–Crippen LogP) is 9.14. The van der Waals surface area contributed by atoms with Gasteiger partial charge in [0.05, 0.1) is 11.5 Å². The Morgan fingerprint density at radius 2 is 1.71 bits per heavy atom. The fourth-order valence-electron chi connectivity index (χ4n) is 5.00. The molecule has 0 fully saturated rings. The van der Waals surface area contributed by atoms with E-state index in [1.165, 1.54) is 11.6 Å². The Morgan fingerprint density at radius 1 is 1.00 bits per heavy atom. The number of fused-ring (bicyclic) bond motifs is 4. The number of rotatable bonds is 7. The summed E-state index contributed by atoms with van der Waals surface area (Å²) in [6, 6.07) is 19.8. The number of hydrogen-bond donors (Lipinski definition) is 1. The summed E-state index contributed by atoms with van der Waals surface area (Å²) in [6.45, 7) is 10.2. The van der Waals surface area contributed by atoms with Crippen molar-refractivity contribution in [2.45, 2.75) is 60.3 Å². The van der Waals surface area contributed by atoms with E-state index < -0.39 is 0 Å². The number of carbonyl (C=O) groups excluding carboxylic acids is 1. The molecule has 0 saturated carbocycles. The largest absolute Gasteiger partial charge is 0.512 e. The molecule has 1 N–H and O–H groups in total. The molecule has 3 aromatic carbocycles. The number of allylic oxidation sites excluding steroid dienone is 2. The third kappa shape index (κ3) is 6.00. The molecular weight excluding hydrogens is 651 g/mol. The molecule has 1 aromatic heterocycles. The second kappa shape index (κ2) is 13.2. The van der Waals surface area contributed by atoms with E-state index in [1.54, 1.807) is 0 Å². The van der Waals surface area contributed by atoms with Crippen LogP contribution < -0.4 is 4.74 Å². The van der Waals surface area contributed by atoms with E-state index >= 15 is 0 Å². The molecule has 0 amide bonds. The smallest absolute Gasteiger partial charge is 0.162 e. The van der Waals surface area contributed by atoms with Gasteiger partial charge in [-0.3, -0.25) is 4.79 Å². The van der Waals surface area contributed by atoms with Crippen LogP contribution in [0.5, 0.6) is 11.5 Å². The maximum atomic E-state index is 11.7. The predicted molar refractivity (Wildman–Crippen MR) is 152 cm³/mol. The van der Waals surface area contributed by atoms with Crippen molar-refractivity contribution in [2.24, 2.45) is 11.8 Å². The fourth-order valence-corrected chi connectivity index (χ4v) is 5.00. The first-order chi connectivity index (χ1) is 17.9. The first-order valence-corrected chi connectivity index (χ1v) is 13.4. The van der Waals surface area contributed by atoms with E-state index in [1.807, 2.05) is 52.1 Å². The molecule has 4 nitrogen and oxygen atoms in total. The third-order valence-corrected chi connectivity index (χ3v) is 7.33.